The van der Waals surface area contributed by atoms with Gasteiger partial charge in [-0.15, -0.1) is 0 Å². The van der Waals surface area contributed by atoms with Crippen LogP contribution in [0.25, 0.3) is 6.20 Å². The molecule has 0 atom stereocenters. The summed E-state index contributed by atoms with van der Waals surface area (Å²) in [4.78, 5) is 0. The van der Waals surface area contributed by atoms with E-state index in [1.54, 1.807) is 6.20 Å². The molecule has 0 amide bonds. The van der Waals surface area contributed by atoms with Crippen molar-refractivity contribution in [2.45, 2.75) is 0 Å². The predicted octanol–water partition coefficient (Wildman–Crippen LogP) is 2.55. The van der Waals surface area contributed by atoms with Crippen molar-refractivity contribution >= 4 is 25.7 Å². The normalized spacial score (nSPS) is 15.7. The summed E-state index contributed by atoms with van der Waals surface area (Å²) in [5, 5.41) is 0. The predicted molar refractivity (Wildman–Crippen MR) is 44.4 cm³/mol. The van der Waals surface area contributed by atoms with Gasteiger partial charge < -0.3 is 0 Å². The van der Waals surface area contributed by atoms with Crippen LogP contribution in [0.15, 0.2) is 25.3 Å². The number of rotatable bonds is 1. The van der Waals surface area contributed by atoms with Crippen LogP contribution in [0.1, 0.15) is 0 Å². The molecule has 2 nitrogen and oxygen atoms in total. The van der Waals surface area contributed by atoms with Gasteiger partial charge in [0.1, 0.15) is 12.4 Å². The average molecular weight is 345 g/mol. The van der Waals surface area contributed by atoms with Crippen molar-refractivity contribution in [3.63, 3.8) is 0 Å². The molecule has 1 heterocycles. The number of nitrogens with zero attached hydrogens (tertiary/aromatic N) is 2. The fourth-order valence-electron chi connectivity index (χ4n) is 0.577. The first-order valence-corrected chi connectivity index (χ1v) is 9.28. The van der Waals surface area contributed by atoms with Crippen molar-refractivity contribution in [2.24, 2.45) is 7.05 Å². The summed E-state index contributed by atoms with van der Waals surface area (Å²) in [6.07, 6.45) is 7.58. The van der Waals surface area contributed by atoms with Crippen molar-refractivity contribution in [1.29, 1.82) is 0 Å². The second-order valence-electron chi connectivity index (χ2n) is 2.67. The van der Waals surface area contributed by atoms with Gasteiger partial charge in [-0.3, -0.25) is 0 Å². The van der Waals surface area contributed by atoms with Gasteiger partial charge >= 0.3 is 36.4 Å². The van der Waals surface area contributed by atoms with Crippen LogP contribution in [-0.2, 0) is 7.05 Å². The third-order valence-corrected chi connectivity index (χ3v) is 1.00. The fraction of sp³-hybridized carbons (Fsp3) is 0.167. The molecule has 9 heteroatoms. The van der Waals surface area contributed by atoms with Crippen molar-refractivity contribution in [3.8, 4) is 0 Å². The zero-order valence-corrected chi connectivity index (χ0v) is 10.2. The van der Waals surface area contributed by atoms with E-state index in [1.165, 1.54) is 0 Å². The molecule has 1 rings (SSSR count). The summed E-state index contributed by atoms with van der Waals surface area (Å²) in [6, 6.07) is 0. The van der Waals surface area contributed by atoms with Crippen molar-refractivity contribution in [2.75, 3.05) is 0 Å². The van der Waals surface area contributed by atoms with Crippen LogP contribution in [0.3, 0.4) is 0 Å². The van der Waals surface area contributed by atoms with Crippen LogP contribution in [-0.4, -0.2) is 24.0 Å². The Morgan fingerprint density at radius 3 is 1.73 bits per heavy atom. The second kappa shape index (κ2) is 3.43. The number of imidazole rings is 1. The van der Waals surface area contributed by atoms with Gasteiger partial charge in [0.25, 0.3) is 0 Å². The van der Waals surface area contributed by atoms with Gasteiger partial charge in [0.2, 0.25) is 6.33 Å². The Labute approximate surface area is 84.3 Å². The molecular weight excluding hydrogens is 336 g/mol. The van der Waals surface area contributed by atoms with Crippen LogP contribution in [0, 0.1) is 0 Å². The SMILES string of the molecule is C=Cn1cc[n+](C)c1.[F][Sb-]([F])([F])([F])([F])[F]. The van der Waals surface area contributed by atoms with Gasteiger partial charge in [0.05, 0.1) is 13.2 Å². The van der Waals surface area contributed by atoms with E-state index < -0.39 is 19.5 Å². The van der Waals surface area contributed by atoms with Crippen molar-refractivity contribution in [3.05, 3.63) is 25.3 Å². The molecule has 15 heavy (non-hydrogen) atoms. The number of halogens is 6. The van der Waals surface area contributed by atoms with E-state index in [1.807, 2.05) is 34.9 Å². The van der Waals surface area contributed by atoms with E-state index in [2.05, 4.69) is 6.58 Å². The molecule has 0 unspecified atom stereocenters. The van der Waals surface area contributed by atoms with Gasteiger partial charge in [0, 0.05) is 0 Å². The first kappa shape index (κ1) is 14.3. The van der Waals surface area contributed by atoms with Gasteiger partial charge in [-0.25, -0.2) is 9.13 Å². The first-order chi connectivity index (χ1) is 6.28. The van der Waals surface area contributed by atoms with Crippen LogP contribution in [0.2, 0.25) is 0 Å². The molecule has 0 saturated heterocycles. The fourth-order valence-corrected chi connectivity index (χ4v) is 0.577. The van der Waals surface area contributed by atoms with Crippen LogP contribution in [0.4, 0.5) is 16.9 Å². The first-order valence-electron chi connectivity index (χ1n) is 3.49. The Morgan fingerprint density at radius 1 is 1.20 bits per heavy atom. The van der Waals surface area contributed by atoms with E-state index in [0.717, 1.165) is 0 Å². The van der Waals surface area contributed by atoms with Gasteiger partial charge in [-0.05, 0) is 0 Å². The molecule has 1 aromatic rings. The maximum absolute atomic E-state index is 11.2. The standard InChI is InChI=1S/C6H9N2.6FH.Sb/c1-3-8-5-4-7(2)6-8;;;;;;;/h3-6H,1H2,2H3;6*1H;/q+1;;;;;;;+5/p-6. The van der Waals surface area contributed by atoms with Gasteiger partial charge in [0.15, 0.2) is 0 Å². The Bertz CT molecular complexity index is 338. The zero-order valence-electron chi connectivity index (χ0n) is 7.63. The van der Waals surface area contributed by atoms with E-state index in [0.29, 0.717) is 0 Å². The Kier molecular flexibility index (Phi) is 3.28. The molecule has 90 valence electrons. The molecule has 0 aliphatic carbocycles. The molecule has 0 bridgehead atoms. The molecule has 0 spiro atoms. The monoisotopic (exact) mass is 344 g/mol. The summed E-state index contributed by atoms with van der Waals surface area (Å²) in [5.41, 5.74) is 0. The Morgan fingerprint density at radius 2 is 1.60 bits per heavy atom. The Hall–Kier alpha value is -0.652. The molecular formula is C6H9F6N2Sb. The molecule has 0 fully saturated rings. The zero-order chi connectivity index (χ0) is 12.4. The van der Waals surface area contributed by atoms with Crippen LogP contribution >= 0.6 is 0 Å². The van der Waals surface area contributed by atoms with Crippen LogP contribution in [0.5, 0.6) is 0 Å². The summed E-state index contributed by atoms with van der Waals surface area (Å²) in [7, 11) is 1.97. The average Bonchev–Trinajstić information content (AvgIpc) is 2.28. The quantitative estimate of drug-likeness (QED) is 0.420. The molecule has 0 aromatic carbocycles. The minimum absolute atomic E-state index is 1.75. The number of hydrogen-bond acceptors (Lipinski definition) is 0. The molecule has 0 aliphatic rings. The topological polar surface area (TPSA) is 8.81 Å². The summed E-state index contributed by atoms with van der Waals surface area (Å²) >= 11 is -11.2. The number of hydrogen-bond donors (Lipinski definition) is 0. The minimum atomic E-state index is -11.2. The molecule has 0 N–H and O–H groups in total. The molecule has 0 saturated carbocycles. The maximum atomic E-state index is 9.93. The summed E-state index contributed by atoms with van der Waals surface area (Å²) in [5.74, 6) is 0. The van der Waals surface area contributed by atoms with Crippen molar-refractivity contribution in [1.82, 2.24) is 4.57 Å². The molecule has 0 aliphatic heterocycles. The van der Waals surface area contributed by atoms with E-state index in [9.17, 15) is 16.9 Å². The molecule has 0 radical (unpaired) electrons. The van der Waals surface area contributed by atoms with E-state index in [4.69, 9.17) is 0 Å². The Balaban J connectivity index is 0.000000265. The third-order valence-electron chi connectivity index (χ3n) is 1.00. The van der Waals surface area contributed by atoms with Gasteiger partial charge in [-0.1, -0.05) is 6.58 Å². The van der Waals surface area contributed by atoms with Crippen LogP contribution < -0.4 is 4.57 Å². The summed E-state index contributed by atoms with van der Waals surface area (Å²) in [6.45, 7) is 3.59. The molecule has 1 aromatic heterocycles. The second-order valence-corrected chi connectivity index (χ2v) is 8.14. The van der Waals surface area contributed by atoms with Gasteiger partial charge in [-0.2, -0.15) is 0 Å². The van der Waals surface area contributed by atoms with E-state index >= 15 is 0 Å². The number of aryl methyl sites for hydroxylation is 1. The number of aromatic nitrogens is 2. The van der Waals surface area contributed by atoms with E-state index in [-0.39, 0.29) is 0 Å². The third kappa shape index (κ3) is 16.1. The summed E-state index contributed by atoms with van der Waals surface area (Å²) < 4.78 is 63.4. The van der Waals surface area contributed by atoms with Crippen molar-refractivity contribution < 1.29 is 21.4 Å².